The minimum Gasteiger partial charge on any atom is -0.294 e. The summed E-state index contributed by atoms with van der Waals surface area (Å²) in [5, 5.41) is 0. The molecular weight excluding hydrogens is 240 g/mol. The topological polar surface area (TPSA) is 17.1 Å². The average molecular weight is 255 g/mol. The Morgan fingerprint density at radius 1 is 1.36 bits per heavy atom. The summed E-state index contributed by atoms with van der Waals surface area (Å²) in [7, 11) is 0. The summed E-state index contributed by atoms with van der Waals surface area (Å²) in [6.45, 7) is 2.12. The molecule has 0 aliphatic heterocycles. The van der Waals surface area contributed by atoms with Crippen LogP contribution < -0.4 is 0 Å². The lowest BCUT2D eigenvalue weighted by molar-refractivity contribution is 0.0980. The quantitative estimate of drug-likeness (QED) is 0.577. The molecule has 0 fully saturated rings. The van der Waals surface area contributed by atoms with E-state index < -0.39 is 0 Å². The highest BCUT2D eigenvalue weighted by molar-refractivity contribution is 9.09. The van der Waals surface area contributed by atoms with E-state index in [1.807, 2.05) is 30.3 Å². The molecule has 1 atom stereocenters. The number of hydrogen-bond donors (Lipinski definition) is 0. The van der Waals surface area contributed by atoms with Crippen LogP contribution in [0.3, 0.4) is 0 Å². The summed E-state index contributed by atoms with van der Waals surface area (Å²) in [5.41, 5.74) is 0.823. The fourth-order valence-electron chi connectivity index (χ4n) is 1.26. The van der Waals surface area contributed by atoms with Crippen molar-refractivity contribution in [2.75, 3.05) is 0 Å². The van der Waals surface area contributed by atoms with E-state index in [0.29, 0.717) is 11.2 Å². The van der Waals surface area contributed by atoms with Crippen LogP contribution in [0.15, 0.2) is 30.3 Å². The van der Waals surface area contributed by atoms with E-state index >= 15 is 0 Å². The normalized spacial score (nSPS) is 12.4. The molecule has 2 heteroatoms. The highest BCUT2D eigenvalue weighted by Crippen LogP contribution is 2.14. The molecule has 0 aliphatic carbocycles. The predicted octanol–water partition coefficient (Wildman–Crippen LogP) is 3.82. The number of benzene rings is 1. The van der Waals surface area contributed by atoms with Crippen molar-refractivity contribution in [3.63, 3.8) is 0 Å². The molecule has 1 aromatic carbocycles. The zero-order chi connectivity index (χ0) is 10.4. The Bertz CT molecular complexity index is 282. The van der Waals surface area contributed by atoms with E-state index in [4.69, 9.17) is 0 Å². The second-order valence-electron chi connectivity index (χ2n) is 3.33. The molecule has 76 valence electrons. The molecule has 0 saturated heterocycles. The van der Waals surface area contributed by atoms with Crippen LogP contribution in [0, 0.1) is 0 Å². The molecule has 0 spiro atoms. The highest BCUT2D eigenvalue weighted by Gasteiger charge is 2.07. The Morgan fingerprint density at radius 3 is 2.57 bits per heavy atom. The zero-order valence-corrected chi connectivity index (χ0v) is 9.96. The number of halogens is 1. The van der Waals surface area contributed by atoms with Crippen molar-refractivity contribution in [1.29, 1.82) is 0 Å². The van der Waals surface area contributed by atoms with Crippen molar-refractivity contribution in [3.8, 4) is 0 Å². The number of rotatable bonds is 5. The smallest absolute Gasteiger partial charge is 0.162 e. The highest BCUT2D eigenvalue weighted by atomic mass is 79.9. The first-order valence-electron chi connectivity index (χ1n) is 4.96. The maximum atomic E-state index is 11.6. The molecule has 0 radical (unpaired) electrons. The van der Waals surface area contributed by atoms with Crippen LogP contribution in [-0.2, 0) is 0 Å². The monoisotopic (exact) mass is 254 g/mol. The van der Waals surface area contributed by atoms with Gasteiger partial charge >= 0.3 is 0 Å². The van der Waals surface area contributed by atoms with Gasteiger partial charge in [-0.3, -0.25) is 4.79 Å². The van der Waals surface area contributed by atoms with Gasteiger partial charge in [0.25, 0.3) is 0 Å². The molecule has 14 heavy (non-hydrogen) atoms. The standard InChI is InChI=1S/C12H15BrO/c1-2-11(13)8-9-12(14)10-6-4-3-5-7-10/h3-7,11H,2,8-9H2,1H3/t11-/m0/s1. The number of alkyl halides is 1. The second-order valence-corrected chi connectivity index (χ2v) is 4.63. The van der Waals surface area contributed by atoms with Crippen molar-refractivity contribution in [3.05, 3.63) is 35.9 Å². The first kappa shape index (κ1) is 11.4. The van der Waals surface area contributed by atoms with Gasteiger partial charge in [0.1, 0.15) is 0 Å². The zero-order valence-electron chi connectivity index (χ0n) is 8.37. The van der Waals surface area contributed by atoms with Crippen LogP contribution in [0.2, 0.25) is 0 Å². The van der Waals surface area contributed by atoms with Crippen LogP contribution in [0.5, 0.6) is 0 Å². The van der Waals surface area contributed by atoms with Gasteiger partial charge in [0.2, 0.25) is 0 Å². The SMILES string of the molecule is CC[C@H](Br)CCC(=O)c1ccccc1. The molecule has 0 aliphatic rings. The third-order valence-electron chi connectivity index (χ3n) is 2.22. The van der Waals surface area contributed by atoms with Crippen LogP contribution >= 0.6 is 15.9 Å². The number of Topliss-reactive ketones (excluding diaryl/α,β-unsaturated/α-hetero) is 1. The molecule has 0 saturated carbocycles. The minimum absolute atomic E-state index is 0.239. The molecule has 1 rings (SSSR count). The van der Waals surface area contributed by atoms with Gasteiger partial charge in [-0.2, -0.15) is 0 Å². The number of carbonyl (C=O) groups is 1. The molecular formula is C12H15BrO. The third-order valence-corrected chi connectivity index (χ3v) is 3.33. The van der Waals surface area contributed by atoms with Gasteiger partial charge in [-0.25, -0.2) is 0 Å². The molecule has 0 unspecified atom stereocenters. The molecule has 0 N–H and O–H groups in total. The summed E-state index contributed by atoms with van der Waals surface area (Å²) >= 11 is 3.53. The van der Waals surface area contributed by atoms with Crippen molar-refractivity contribution < 1.29 is 4.79 Å². The van der Waals surface area contributed by atoms with Gasteiger partial charge < -0.3 is 0 Å². The van der Waals surface area contributed by atoms with Gasteiger partial charge in [-0.15, -0.1) is 0 Å². The van der Waals surface area contributed by atoms with Crippen molar-refractivity contribution in [1.82, 2.24) is 0 Å². The molecule has 0 heterocycles. The number of hydrogen-bond acceptors (Lipinski definition) is 1. The fraction of sp³-hybridized carbons (Fsp3) is 0.417. The predicted molar refractivity (Wildman–Crippen MR) is 63.0 cm³/mol. The van der Waals surface area contributed by atoms with Crippen LogP contribution in [0.25, 0.3) is 0 Å². The Morgan fingerprint density at radius 2 is 2.00 bits per heavy atom. The van der Waals surface area contributed by atoms with E-state index in [1.165, 1.54) is 0 Å². The Balaban J connectivity index is 2.44. The number of ketones is 1. The minimum atomic E-state index is 0.239. The second kappa shape index (κ2) is 5.97. The van der Waals surface area contributed by atoms with E-state index in [2.05, 4.69) is 22.9 Å². The molecule has 1 aromatic rings. The Hall–Kier alpha value is -0.630. The van der Waals surface area contributed by atoms with Crippen molar-refractivity contribution in [2.24, 2.45) is 0 Å². The summed E-state index contributed by atoms with van der Waals surface area (Å²) in [6.07, 6.45) is 2.63. The maximum absolute atomic E-state index is 11.6. The molecule has 0 bridgehead atoms. The largest absolute Gasteiger partial charge is 0.294 e. The number of carbonyl (C=O) groups excluding carboxylic acids is 1. The van der Waals surface area contributed by atoms with E-state index in [9.17, 15) is 4.79 Å². The fourth-order valence-corrected chi connectivity index (χ4v) is 1.49. The summed E-state index contributed by atoms with van der Waals surface area (Å²) in [5.74, 6) is 0.239. The van der Waals surface area contributed by atoms with Crippen LogP contribution in [0.4, 0.5) is 0 Å². The first-order chi connectivity index (χ1) is 6.74. The summed E-state index contributed by atoms with van der Waals surface area (Å²) in [6, 6.07) is 9.47. The first-order valence-corrected chi connectivity index (χ1v) is 5.88. The van der Waals surface area contributed by atoms with E-state index in [1.54, 1.807) is 0 Å². The Kier molecular flexibility index (Phi) is 4.88. The average Bonchev–Trinajstić information content (AvgIpc) is 2.26. The van der Waals surface area contributed by atoms with Gasteiger partial charge in [0.05, 0.1) is 0 Å². The lowest BCUT2D eigenvalue weighted by atomic mass is 10.1. The van der Waals surface area contributed by atoms with Crippen LogP contribution in [-0.4, -0.2) is 10.6 Å². The van der Waals surface area contributed by atoms with Gasteiger partial charge in [0, 0.05) is 16.8 Å². The van der Waals surface area contributed by atoms with Gasteiger partial charge in [0.15, 0.2) is 5.78 Å². The molecule has 1 nitrogen and oxygen atoms in total. The Labute approximate surface area is 93.7 Å². The van der Waals surface area contributed by atoms with Gasteiger partial charge in [-0.1, -0.05) is 53.2 Å². The van der Waals surface area contributed by atoms with E-state index in [-0.39, 0.29) is 5.78 Å². The summed E-state index contributed by atoms with van der Waals surface area (Å²) < 4.78 is 0. The van der Waals surface area contributed by atoms with Gasteiger partial charge in [-0.05, 0) is 12.8 Å². The van der Waals surface area contributed by atoms with Crippen LogP contribution in [0.1, 0.15) is 36.5 Å². The maximum Gasteiger partial charge on any atom is 0.162 e. The third kappa shape index (κ3) is 3.62. The van der Waals surface area contributed by atoms with Crippen molar-refractivity contribution in [2.45, 2.75) is 31.0 Å². The lowest BCUT2D eigenvalue weighted by Gasteiger charge is -2.05. The van der Waals surface area contributed by atoms with Crippen molar-refractivity contribution >= 4 is 21.7 Å². The molecule has 0 aromatic heterocycles. The summed E-state index contributed by atoms with van der Waals surface area (Å²) in [4.78, 5) is 12.1. The molecule has 0 amide bonds. The lowest BCUT2D eigenvalue weighted by Crippen LogP contribution is -2.03. The van der Waals surface area contributed by atoms with E-state index in [0.717, 1.165) is 18.4 Å².